The molecule has 0 saturated carbocycles. The zero-order valence-electron chi connectivity index (χ0n) is 16.9. The minimum atomic E-state index is -0.00280. The highest BCUT2D eigenvalue weighted by atomic mass is 15.2. The summed E-state index contributed by atoms with van der Waals surface area (Å²) in [6.45, 7) is 12.5. The summed E-state index contributed by atoms with van der Waals surface area (Å²) in [5.74, 6) is 2.10. The highest BCUT2D eigenvalue weighted by Crippen LogP contribution is 2.24. The average molecular weight is 364 g/mol. The number of hydrogen-bond acceptors (Lipinski definition) is 4. The molecule has 4 rings (SSSR count). The second-order valence-corrected chi connectivity index (χ2v) is 8.54. The van der Waals surface area contributed by atoms with E-state index < -0.39 is 0 Å². The molecule has 0 spiro atoms. The number of aromatic nitrogens is 4. The van der Waals surface area contributed by atoms with Crippen LogP contribution >= 0.6 is 0 Å². The van der Waals surface area contributed by atoms with Crippen LogP contribution in [0.25, 0.3) is 11.0 Å². The molecule has 0 saturated heterocycles. The molecule has 3 heterocycles. The Bertz CT molecular complexity index is 951. The molecular formula is C22H29N5. The molecule has 0 bridgehead atoms. The molecule has 1 aliphatic heterocycles. The zero-order chi connectivity index (χ0) is 19.0. The Morgan fingerprint density at radius 1 is 1.11 bits per heavy atom. The Morgan fingerprint density at radius 2 is 1.93 bits per heavy atom. The van der Waals surface area contributed by atoms with Crippen molar-refractivity contribution in [3.05, 3.63) is 53.4 Å². The van der Waals surface area contributed by atoms with Crippen LogP contribution in [0.3, 0.4) is 0 Å². The van der Waals surface area contributed by atoms with E-state index in [-0.39, 0.29) is 5.41 Å². The van der Waals surface area contributed by atoms with Crippen molar-refractivity contribution in [2.45, 2.75) is 65.6 Å². The number of rotatable bonds is 4. The Labute approximate surface area is 161 Å². The molecule has 0 aliphatic carbocycles. The first kappa shape index (κ1) is 18.1. The largest absolute Gasteiger partial charge is 0.327 e. The van der Waals surface area contributed by atoms with Crippen LogP contribution in [0.2, 0.25) is 0 Å². The molecule has 5 nitrogen and oxygen atoms in total. The van der Waals surface area contributed by atoms with Crippen LogP contribution in [0.5, 0.6) is 0 Å². The van der Waals surface area contributed by atoms with Crippen LogP contribution in [-0.2, 0) is 31.5 Å². The van der Waals surface area contributed by atoms with Gasteiger partial charge in [0.05, 0.1) is 17.6 Å². The number of hydrogen-bond donors (Lipinski definition) is 0. The van der Waals surface area contributed by atoms with Crippen molar-refractivity contribution in [2.75, 3.05) is 6.54 Å². The summed E-state index contributed by atoms with van der Waals surface area (Å²) in [4.78, 5) is 16.9. The van der Waals surface area contributed by atoms with Gasteiger partial charge in [-0.3, -0.25) is 4.90 Å². The van der Waals surface area contributed by atoms with Gasteiger partial charge in [0.2, 0.25) is 0 Å². The van der Waals surface area contributed by atoms with Gasteiger partial charge < -0.3 is 4.57 Å². The van der Waals surface area contributed by atoms with Crippen molar-refractivity contribution in [1.29, 1.82) is 0 Å². The first-order valence-electron chi connectivity index (χ1n) is 9.97. The summed E-state index contributed by atoms with van der Waals surface area (Å²) in [6.07, 6.45) is 4.12. The number of imidazole rings is 1. The number of para-hydroxylation sites is 2. The molecular weight excluding hydrogens is 334 g/mol. The van der Waals surface area contributed by atoms with Gasteiger partial charge in [-0.2, -0.15) is 0 Å². The zero-order valence-corrected chi connectivity index (χ0v) is 16.9. The SMILES string of the molecule is CCCn1c(CN2CCc3nc(C(C)(C)C)ncc3C2)nc2ccccc21. The van der Waals surface area contributed by atoms with Crippen LogP contribution in [0.1, 0.15) is 57.0 Å². The number of nitrogens with zero attached hydrogens (tertiary/aromatic N) is 5. The van der Waals surface area contributed by atoms with E-state index in [1.54, 1.807) is 0 Å². The molecule has 1 aliphatic rings. The second kappa shape index (κ2) is 7.04. The summed E-state index contributed by atoms with van der Waals surface area (Å²) in [7, 11) is 0. The van der Waals surface area contributed by atoms with E-state index in [0.29, 0.717) is 0 Å². The van der Waals surface area contributed by atoms with Gasteiger partial charge >= 0.3 is 0 Å². The maximum atomic E-state index is 4.92. The Balaban J connectivity index is 1.57. The van der Waals surface area contributed by atoms with E-state index >= 15 is 0 Å². The van der Waals surface area contributed by atoms with Crippen LogP contribution in [0.15, 0.2) is 30.5 Å². The highest BCUT2D eigenvalue weighted by Gasteiger charge is 2.24. The maximum Gasteiger partial charge on any atom is 0.133 e. The maximum absolute atomic E-state index is 4.92. The number of fused-ring (bicyclic) bond motifs is 2. The standard InChI is InChI=1S/C22H29N5/c1-5-11-27-19-9-7-6-8-18(19)24-20(27)15-26-12-10-17-16(14-26)13-23-21(25-17)22(2,3)4/h6-9,13H,5,10-12,14-15H2,1-4H3. The third kappa shape index (κ3) is 3.61. The quantitative estimate of drug-likeness (QED) is 0.700. The van der Waals surface area contributed by atoms with Gasteiger partial charge in [-0.25, -0.2) is 15.0 Å². The Morgan fingerprint density at radius 3 is 2.70 bits per heavy atom. The van der Waals surface area contributed by atoms with Crippen LogP contribution in [-0.4, -0.2) is 31.0 Å². The van der Waals surface area contributed by atoms with Crippen molar-refractivity contribution in [3.63, 3.8) is 0 Å². The number of aryl methyl sites for hydroxylation is 1. The summed E-state index contributed by atoms with van der Waals surface area (Å²) in [5, 5.41) is 0. The number of benzene rings is 1. The predicted molar refractivity (Wildman–Crippen MR) is 109 cm³/mol. The molecule has 27 heavy (non-hydrogen) atoms. The minimum absolute atomic E-state index is 0.00280. The van der Waals surface area contributed by atoms with Gasteiger partial charge in [0, 0.05) is 48.9 Å². The van der Waals surface area contributed by atoms with E-state index in [4.69, 9.17) is 9.97 Å². The monoisotopic (exact) mass is 363 g/mol. The van der Waals surface area contributed by atoms with Crippen molar-refractivity contribution in [2.24, 2.45) is 0 Å². The summed E-state index contributed by atoms with van der Waals surface area (Å²) in [5.41, 5.74) is 4.80. The predicted octanol–water partition coefficient (Wildman–Crippen LogP) is 4.09. The molecule has 0 N–H and O–H groups in total. The molecule has 142 valence electrons. The molecule has 2 aromatic heterocycles. The molecule has 0 atom stereocenters. The van der Waals surface area contributed by atoms with Crippen molar-refractivity contribution in [3.8, 4) is 0 Å². The molecule has 0 fully saturated rings. The fraction of sp³-hybridized carbons (Fsp3) is 0.500. The summed E-state index contributed by atoms with van der Waals surface area (Å²) >= 11 is 0. The highest BCUT2D eigenvalue weighted by molar-refractivity contribution is 5.75. The normalized spacial score (nSPS) is 15.3. The van der Waals surface area contributed by atoms with Gasteiger partial charge in [0.15, 0.2) is 0 Å². The van der Waals surface area contributed by atoms with Gasteiger partial charge in [-0.15, -0.1) is 0 Å². The van der Waals surface area contributed by atoms with Gasteiger partial charge in [0.25, 0.3) is 0 Å². The first-order chi connectivity index (χ1) is 13.0. The fourth-order valence-corrected chi connectivity index (χ4v) is 3.79. The fourth-order valence-electron chi connectivity index (χ4n) is 3.79. The smallest absolute Gasteiger partial charge is 0.133 e. The molecule has 3 aromatic rings. The van der Waals surface area contributed by atoms with Crippen molar-refractivity contribution >= 4 is 11.0 Å². The van der Waals surface area contributed by atoms with Crippen LogP contribution in [0.4, 0.5) is 0 Å². The molecule has 0 amide bonds. The van der Waals surface area contributed by atoms with Crippen LogP contribution in [0, 0.1) is 0 Å². The Kier molecular flexibility index (Phi) is 4.72. The lowest BCUT2D eigenvalue weighted by Crippen LogP contribution is -2.32. The lowest BCUT2D eigenvalue weighted by atomic mass is 9.95. The molecule has 0 unspecified atom stereocenters. The van der Waals surface area contributed by atoms with Crippen LogP contribution < -0.4 is 0 Å². The van der Waals surface area contributed by atoms with Crippen molar-refractivity contribution < 1.29 is 0 Å². The molecule has 5 heteroatoms. The lowest BCUT2D eigenvalue weighted by Gasteiger charge is -2.29. The van der Waals surface area contributed by atoms with Gasteiger partial charge in [0.1, 0.15) is 11.6 Å². The van der Waals surface area contributed by atoms with E-state index in [9.17, 15) is 0 Å². The third-order valence-corrected chi connectivity index (χ3v) is 5.23. The van der Waals surface area contributed by atoms with E-state index in [2.05, 4.69) is 66.4 Å². The summed E-state index contributed by atoms with van der Waals surface area (Å²) < 4.78 is 2.38. The second-order valence-electron chi connectivity index (χ2n) is 8.54. The molecule has 1 aromatic carbocycles. The minimum Gasteiger partial charge on any atom is -0.327 e. The topological polar surface area (TPSA) is 46.8 Å². The lowest BCUT2D eigenvalue weighted by molar-refractivity contribution is 0.233. The Hall–Kier alpha value is -2.27. The van der Waals surface area contributed by atoms with Crippen molar-refractivity contribution in [1.82, 2.24) is 24.4 Å². The van der Waals surface area contributed by atoms with E-state index in [1.165, 1.54) is 16.8 Å². The summed E-state index contributed by atoms with van der Waals surface area (Å²) in [6, 6.07) is 8.45. The van der Waals surface area contributed by atoms with Gasteiger partial charge in [-0.05, 0) is 18.6 Å². The first-order valence-corrected chi connectivity index (χ1v) is 9.97. The van der Waals surface area contributed by atoms with E-state index in [0.717, 1.165) is 56.2 Å². The average Bonchev–Trinajstić information content (AvgIpc) is 2.98. The van der Waals surface area contributed by atoms with Gasteiger partial charge in [-0.1, -0.05) is 39.8 Å². The van der Waals surface area contributed by atoms with E-state index in [1.807, 2.05) is 6.20 Å². The molecule has 0 radical (unpaired) electrons. The third-order valence-electron chi connectivity index (χ3n) is 5.23.